The maximum atomic E-state index is 13.0. The largest absolute Gasteiger partial charge is 1.00 e. The van der Waals surface area contributed by atoms with Crippen LogP contribution in [0.3, 0.4) is 0 Å². The summed E-state index contributed by atoms with van der Waals surface area (Å²) in [6.45, 7) is 76.3. The van der Waals surface area contributed by atoms with Gasteiger partial charge in [-0.2, -0.15) is 0 Å². The van der Waals surface area contributed by atoms with Gasteiger partial charge in [-0.1, -0.05) is 353 Å². The number of rotatable bonds is 23. The Morgan fingerprint density at radius 1 is 0.294 bits per heavy atom. The first-order valence-electron chi connectivity index (χ1n) is 49.1. The van der Waals surface area contributed by atoms with Crippen molar-refractivity contribution in [3.63, 3.8) is 0 Å². The Hall–Kier alpha value is -7.46. The zero-order chi connectivity index (χ0) is 97.8. The molecule has 1 fully saturated rings. The quantitative estimate of drug-likeness (QED) is 0.0335. The Balaban J connectivity index is 0.000000572. The van der Waals surface area contributed by atoms with E-state index in [4.69, 9.17) is 0 Å². The van der Waals surface area contributed by atoms with Crippen molar-refractivity contribution in [2.75, 3.05) is 0 Å². The maximum Gasteiger partial charge on any atom is 1.00 e. The summed E-state index contributed by atoms with van der Waals surface area (Å²) in [7, 11) is 0. The summed E-state index contributed by atoms with van der Waals surface area (Å²) in [6, 6.07) is 51.4. The molecule has 5 N–H and O–H groups in total. The number of benzene rings is 10. The van der Waals surface area contributed by atoms with Crippen LogP contribution in [0.1, 0.15) is 439 Å². The van der Waals surface area contributed by atoms with Crippen LogP contribution in [0, 0.1) is 33.6 Å². The Bertz CT molecular complexity index is 5530. The van der Waals surface area contributed by atoms with Gasteiger partial charge in [0.15, 0.2) is 31.1 Å². The normalized spacial score (nSPS) is 13.5. The summed E-state index contributed by atoms with van der Waals surface area (Å²) in [5.41, 5.74) is 34.4. The third kappa shape index (κ3) is 35.0. The molecular formula is C121H165Li5N5O5+5. The van der Waals surface area contributed by atoms with E-state index in [-0.39, 0.29) is 139 Å². The first kappa shape index (κ1) is 125. The molecule has 0 heterocycles. The molecule has 1 saturated carbocycles. The zero-order valence-corrected chi connectivity index (χ0v) is 92.2. The second kappa shape index (κ2) is 56.2. The molecule has 15 heteroatoms. The molecule has 0 unspecified atom stereocenters. The molecular weight excluding hydrogens is 1640 g/mol. The van der Waals surface area contributed by atoms with Gasteiger partial charge in [0.05, 0.1) is 0 Å². The van der Waals surface area contributed by atoms with Crippen molar-refractivity contribution in [1.82, 2.24) is 0 Å². The van der Waals surface area contributed by atoms with Gasteiger partial charge < -0.3 is 25.5 Å². The summed E-state index contributed by atoms with van der Waals surface area (Å²) in [6.07, 6.45) is 17.6. The fourth-order valence-electron chi connectivity index (χ4n) is 17.1. The van der Waals surface area contributed by atoms with Gasteiger partial charge in [0.1, 0.15) is 0 Å². The molecule has 704 valence electrons. The number of hydrogen-bond donors (Lipinski definition) is 5. The standard InChI is InChI=1S/C28H41NO.C26H35NO.C25H35NO.C23H31NO.C19H23NO.5Li/c1-16(2)21-12-24(19(7)8)28(25(13-21)20(9)10)29-15-26-23(18(5)6)11-22(17(3)4)14-27(26)30;1-5-19-14-20(6-2)26(21(7-3)15-19)27-17-24-16-23(12-13-25(24)28)22-10-8-18(4)9-11-22;1-15(2)19-12-22(18(7)8)23(24(27)13-19)14-26-25-20(16(3)4)10-9-11-21(25)17(5)6;1-15-11-19(23(6,7)8)12-16(2)21(15)24-14-17-13-18(22(3,4)5)9-10-20(17)25;1-13-7-6-8-14(2)18(13)20-12-15-11-16(19(3,4)5)9-10-17(15)21;;;;;/h11-20,30H,1-10H3;12-18,22,28H,5-11H2,1-4H3;9-18,27H,1-8H3;9-14,25H,1-8H3;6-12,21H,1-5H3;;;;;/q;;;;;5*+1. The van der Waals surface area contributed by atoms with Gasteiger partial charge in [0.2, 0.25) is 28.4 Å². The van der Waals surface area contributed by atoms with Crippen molar-refractivity contribution in [3.05, 3.63) is 291 Å². The van der Waals surface area contributed by atoms with E-state index in [0.717, 1.165) is 98.0 Å². The summed E-state index contributed by atoms with van der Waals surface area (Å²) < 4.78 is 0. The van der Waals surface area contributed by atoms with Crippen molar-refractivity contribution in [3.8, 4) is 28.7 Å². The van der Waals surface area contributed by atoms with Crippen LogP contribution in [0.25, 0.3) is 0 Å². The molecule has 0 aliphatic heterocycles. The second-order valence-corrected chi connectivity index (χ2v) is 42.9. The summed E-state index contributed by atoms with van der Waals surface area (Å²) in [4.78, 5) is 17.3. The Morgan fingerprint density at radius 2 is 0.603 bits per heavy atom. The van der Waals surface area contributed by atoms with Crippen molar-refractivity contribution in [2.24, 2.45) is 5.92 Å². The molecule has 0 amide bonds. The zero-order valence-electron chi connectivity index (χ0n) is 92.2. The van der Waals surface area contributed by atoms with E-state index in [9.17, 15) is 25.5 Å². The van der Waals surface area contributed by atoms with E-state index in [1.165, 1.54) is 109 Å². The van der Waals surface area contributed by atoms with E-state index in [1.54, 1.807) is 30.3 Å². The smallest absolute Gasteiger partial charge is 0.872 e. The van der Waals surface area contributed by atoms with Crippen molar-refractivity contribution in [1.29, 1.82) is 0 Å². The number of para-hydroxylation sites is 2. The third-order valence-corrected chi connectivity index (χ3v) is 26.0. The molecule has 10 aromatic carbocycles. The van der Waals surface area contributed by atoms with Gasteiger partial charge in [-0.25, -0.2) is 25.0 Å². The predicted octanol–water partition coefficient (Wildman–Crippen LogP) is 7.19. The Kier molecular flexibility index (Phi) is 51.5. The van der Waals surface area contributed by atoms with Crippen LogP contribution in [-0.4, -0.2) is 31.1 Å². The molecule has 0 radical (unpaired) electrons. The Labute approximate surface area is 884 Å². The minimum Gasteiger partial charge on any atom is -0.872 e. The van der Waals surface area contributed by atoms with E-state index in [1.807, 2.05) is 67.5 Å². The second-order valence-electron chi connectivity index (χ2n) is 42.9. The fourth-order valence-corrected chi connectivity index (χ4v) is 17.1. The molecule has 136 heavy (non-hydrogen) atoms. The topological polar surface area (TPSA) is 185 Å². The van der Waals surface area contributed by atoms with E-state index in [0.29, 0.717) is 70.3 Å². The third-order valence-electron chi connectivity index (χ3n) is 26.0. The minimum absolute atomic E-state index is 0. The maximum absolute atomic E-state index is 13.0. The average molecular weight is 1800 g/mol. The van der Waals surface area contributed by atoms with E-state index >= 15 is 0 Å². The first-order valence-corrected chi connectivity index (χ1v) is 49.1. The molecule has 10 aromatic rings. The van der Waals surface area contributed by atoms with Crippen LogP contribution < -0.4 is 145 Å². The Morgan fingerprint density at radius 3 is 0.941 bits per heavy atom. The van der Waals surface area contributed by atoms with Crippen molar-refractivity contribution < 1.29 is 145 Å². The molecule has 1 aliphatic rings. The molecule has 0 aromatic heterocycles. The van der Waals surface area contributed by atoms with Gasteiger partial charge in [-0.15, -0.1) is 0 Å². The summed E-state index contributed by atoms with van der Waals surface area (Å²) >= 11 is 0. The fraction of sp³-hybridized carbons (Fsp3) is 0.463. The molecule has 1 aliphatic carbocycles. The average Bonchev–Trinajstić information content (AvgIpc) is 0.790. The first-order chi connectivity index (χ1) is 61.3. The SMILES string of the molecule is CC(C)c1cc([O-])c(C=[NH+]c2c(C(C)C)cc(C(C)C)cc2C(C)C)c(C(C)C)c1.CC(C)c1cc([O-])c(C=[NH+]c2c(C(C)C)cccc2C(C)C)c(C(C)C)c1.CCc1cc(CC)c([NH+]=Cc2cc(C3CCC(C)CC3)ccc2[O-])c(CC)c1.Cc1cc(C(C)(C)C)cc(C)c1[NH+]=Cc1cc(C(C)(C)C)ccc1[O-].Cc1cccc(C)c1[NH+]=Cc1cc(C(C)(C)C)ccc1[O-].[Li+].[Li+].[Li+].[Li+].[Li+]. The molecule has 0 saturated heterocycles. The van der Waals surface area contributed by atoms with Crippen LogP contribution in [0.2, 0.25) is 0 Å². The number of nitrogens with one attached hydrogen (secondary N) is 5. The van der Waals surface area contributed by atoms with Crippen molar-refractivity contribution >= 4 is 59.5 Å². The summed E-state index contributed by atoms with van der Waals surface area (Å²) in [5.74, 6) is 5.25. The van der Waals surface area contributed by atoms with Crippen LogP contribution in [-0.2, 0) is 35.5 Å². The molecule has 0 atom stereocenters. The van der Waals surface area contributed by atoms with Gasteiger partial charge in [0.25, 0.3) is 0 Å². The summed E-state index contributed by atoms with van der Waals surface area (Å²) in [5, 5.41) is 62.5. The van der Waals surface area contributed by atoms with Crippen molar-refractivity contribution in [2.45, 2.75) is 363 Å². The van der Waals surface area contributed by atoms with Gasteiger partial charge in [-0.3, -0.25) is 0 Å². The van der Waals surface area contributed by atoms with Crippen LogP contribution >= 0.6 is 0 Å². The van der Waals surface area contributed by atoms with E-state index in [2.05, 4.69) is 352 Å². The molecule has 10 nitrogen and oxygen atoms in total. The monoisotopic (exact) mass is 1800 g/mol. The van der Waals surface area contributed by atoms with Gasteiger partial charge in [0, 0.05) is 83.5 Å². The number of aryl methyl sites for hydroxylation is 7. The van der Waals surface area contributed by atoms with Crippen LogP contribution in [0.5, 0.6) is 28.7 Å². The predicted molar refractivity (Wildman–Crippen MR) is 551 cm³/mol. The molecule has 11 rings (SSSR count). The van der Waals surface area contributed by atoms with Gasteiger partial charge >= 0.3 is 94.3 Å². The number of hydrogen-bond acceptors (Lipinski definition) is 5. The van der Waals surface area contributed by atoms with Crippen LogP contribution in [0.4, 0.5) is 28.4 Å². The molecule has 0 spiro atoms. The van der Waals surface area contributed by atoms with E-state index < -0.39 is 0 Å². The minimum atomic E-state index is 0. The molecule has 0 bridgehead atoms. The van der Waals surface area contributed by atoms with Gasteiger partial charge in [-0.05, 0) is 251 Å². The van der Waals surface area contributed by atoms with Crippen LogP contribution in [0.15, 0.2) is 152 Å².